The van der Waals surface area contributed by atoms with E-state index in [9.17, 15) is 9.90 Å². The lowest BCUT2D eigenvalue weighted by Gasteiger charge is -2.37. The average molecular weight is 254 g/mol. The predicted molar refractivity (Wildman–Crippen MR) is 54.9 cm³/mol. The van der Waals surface area contributed by atoms with Crippen LogP contribution in [0.1, 0.15) is 13.8 Å². The van der Waals surface area contributed by atoms with Gasteiger partial charge in [-0.3, -0.25) is 0 Å². The fourth-order valence-electron chi connectivity index (χ4n) is 1.09. The number of nitrogens with zero attached hydrogens (tertiary/aromatic N) is 3. The van der Waals surface area contributed by atoms with E-state index in [1.807, 2.05) is 0 Å². The first-order valence-electron chi connectivity index (χ1n) is 4.63. The summed E-state index contributed by atoms with van der Waals surface area (Å²) >= 11 is 1.22. The summed E-state index contributed by atoms with van der Waals surface area (Å²) in [5.74, 6) is -2.98. The smallest absolute Gasteiger partial charge is 0.362 e. The molecule has 0 N–H and O–H groups in total. The Bertz CT molecular complexity index is 492. The maximum Gasteiger partial charge on any atom is 0.362 e. The molecule has 17 heavy (non-hydrogen) atoms. The van der Waals surface area contributed by atoms with Crippen LogP contribution in [0.2, 0.25) is 0 Å². The fraction of sp³-hybridized carbons (Fsp3) is 0.333. The van der Waals surface area contributed by atoms with E-state index in [1.54, 1.807) is 5.38 Å². The second kappa shape index (κ2) is 4.13. The highest BCUT2D eigenvalue weighted by atomic mass is 32.1. The molecular formula is C9H8N3O4S-. The van der Waals surface area contributed by atoms with Crippen LogP contribution in [0.15, 0.2) is 33.4 Å². The molecule has 0 unspecified atom stereocenters. The van der Waals surface area contributed by atoms with Gasteiger partial charge in [0.15, 0.2) is 11.5 Å². The van der Waals surface area contributed by atoms with Crippen molar-refractivity contribution in [3.05, 3.63) is 23.2 Å². The molecule has 2 heterocycles. The molecule has 0 amide bonds. The van der Waals surface area contributed by atoms with Crippen LogP contribution in [-0.2, 0) is 14.3 Å². The van der Waals surface area contributed by atoms with Crippen molar-refractivity contribution in [2.45, 2.75) is 19.6 Å². The first-order valence-corrected chi connectivity index (χ1v) is 5.51. The van der Waals surface area contributed by atoms with Gasteiger partial charge in [0.05, 0.1) is 5.95 Å². The molecule has 1 aliphatic rings. The molecular weight excluding hydrogens is 246 g/mol. The molecule has 0 bridgehead atoms. The number of thiazole rings is 1. The van der Waals surface area contributed by atoms with E-state index in [0.29, 0.717) is 5.13 Å². The van der Waals surface area contributed by atoms with Crippen LogP contribution < -0.4 is 5.11 Å². The topological polar surface area (TPSA) is 96.2 Å². The van der Waals surface area contributed by atoms with E-state index in [-0.39, 0.29) is 0 Å². The lowest BCUT2D eigenvalue weighted by molar-refractivity contribution is -0.394. The van der Waals surface area contributed by atoms with Crippen LogP contribution in [0.5, 0.6) is 0 Å². The Morgan fingerprint density at radius 3 is 2.76 bits per heavy atom. The van der Waals surface area contributed by atoms with Gasteiger partial charge in [-0.2, -0.15) is 0 Å². The van der Waals surface area contributed by atoms with Crippen LogP contribution in [0.3, 0.4) is 0 Å². The third-order valence-electron chi connectivity index (χ3n) is 1.72. The van der Waals surface area contributed by atoms with Gasteiger partial charge in [-0.1, -0.05) is 0 Å². The van der Waals surface area contributed by atoms with E-state index >= 15 is 0 Å². The lowest BCUT2D eigenvalue weighted by Crippen LogP contribution is -2.39. The number of esters is 1. The Hall–Kier alpha value is -1.96. The highest BCUT2D eigenvalue weighted by Gasteiger charge is 2.29. The maximum atomic E-state index is 11.4. The summed E-state index contributed by atoms with van der Waals surface area (Å²) in [7, 11) is 0. The lowest BCUT2D eigenvalue weighted by atomic mass is 10.3. The number of cyclic esters (lactones) is 1. The number of ether oxygens (including phenoxy) is 2. The number of rotatable bonds is 2. The van der Waals surface area contributed by atoms with Crippen molar-refractivity contribution in [2.75, 3.05) is 0 Å². The highest BCUT2D eigenvalue weighted by molar-refractivity contribution is 7.13. The van der Waals surface area contributed by atoms with Gasteiger partial charge in [-0.25, -0.2) is 9.78 Å². The first-order chi connectivity index (χ1) is 7.98. The minimum atomic E-state index is -1.27. The number of azo groups is 1. The van der Waals surface area contributed by atoms with Gasteiger partial charge >= 0.3 is 5.97 Å². The summed E-state index contributed by atoms with van der Waals surface area (Å²) in [6.07, 6.45) is 1.53. The fourth-order valence-corrected chi connectivity index (χ4v) is 1.54. The molecule has 1 aliphatic heterocycles. The van der Waals surface area contributed by atoms with Gasteiger partial charge < -0.3 is 14.6 Å². The molecule has 0 saturated carbocycles. The predicted octanol–water partition coefficient (Wildman–Crippen LogP) is 1.07. The Kier molecular flexibility index (Phi) is 2.80. The molecule has 7 nitrogen and oxygen atoms in total. The molecule has 0 spiro atoms. The second-order valence-electron chi connectivity index (χ2n) is 3.54. The van der Waals surface area contributed by atoms with E-state index in [2.05, 4.69) is 15.2 Å². The largest absolute Gasteiger partial charge is 0.573 e. The number of hydrogen-bond acceptors (Lipinski definition) is 8. The van der Waals surface area contributed by atoms with Gasteiger partial charge in [-0.15, -0.1) is 21.6 Å². The molecule has 0 aliphatic carbocycles. The first kappa shape index (κ1) is 11.5. The monoisotopic (exact) mass is 254 g/mol. The van der Waals surface area contributed by atoms with Crippen molar-refractivity contribution < 1.29 is 19.4 Å². The molecule has 0 saturated heterocycles. The van der Waals surface area contributed by atoms with Crippen molar-refractivity contribution in [1.29, 1.82) is 0 Å². The van der Waals surface area contributed by atoms with Crippen molar-refractivity contribution >= 4 is 22.4 Å². The summed E-state index contributed by atoms with van der Waals surface area (Å²) < 4.78 is 9.67. The molecule has 0 radical (unpaired) electrons. The molecule has 90 valence electrons. The SMILES string of the molecule is CC1(C)OC(=O)C(N=Nc2nccs2)=C([O-])O1. The molecule has 8 heteroatoms. The third-order valence-corrected chi connectivity index (χ3v) is 2.37. The Balaban J connectivity index is 2.23. The Morgan fingerprint density at radius 2 is 2.18 bits per heavy atom. The van der Waals surface area contributed by atoms with Crippen LogP contribution in [-0.4, -0.2) is 16.7 Å². The Morgan fingerprint density at radius 1 is 1.41 bits per heavy atom. The summed E-state index contributed by atoms with van der Waals surface area (Å²) in [6, 6.07) is 0. The molecule has 1 aromatic rings. The zero-order chi connectivity index (χ0) is 12.5. The van der Waals surface area contributed by atoms with Crippen molar-refractivity contribution in [3.8, 4) is 0 Å². The zero-order valence-corrected chi connectivity index (χ0v) is 9.85. The molecule has 0 aromatic carbocycles. The van der Waals surface area contributed by atoms with Crippen LogP contribution in [0, 0.1) is 0 Å². The third kappa shape index (κ3) is 2.59. The van der Waals surface area contributed by atoms with E-state index in [4.69, 9.17) is 9.47 Å². The zero-order valence-electron chi connectivity index (χ0n) is 9.04. The van der Waals surface area contributed by atoms with Crippen LogP contribution in [0.4, 0.5) is 5.13 Å². The van der Waals surface area contributed by atoms with Gasteiger partial charge in [-0.05, 0) is 13.8 Å². The average Bonchev–Trinajstić information content (AvgIpc) is 2.67. The summed E-state index contributed by atoms with van der Waals surface area (Å²) in [4.78, 5) is 15.3. The number of hydrogen-bond donors (Lipinski definition) is 0. The van der Waals surface area contributed by atoms with E-state index in [0.717, 1.165) is 0 Å². The van der Waals surface area contributed by atoms with Gasteiger partial charge in [0.1, 0.15) is 0 Å². The second-order valence-corrected chi connectivity index (χ2v) is 4.42. The summed E-state index contributed by atoms with van der Waals surface area (Å²) in [5.41, 5.74) is -0.487. The minimum Gasteiger partial charge on any atom is -0.573 e. The van der Waals surface area contributed by atoms with E-state index in [1.165, 1.54) is 31.4 Å². The van der Waals surface area contributed by atoms with Crippen molar-refractivity contribution in [2.24, 2.45) is 10.2 Å². The van der Waals surface area contributed by atoms with Crippen LogP contribution in [0.25, 0.3) is 0 Å². The van der Waals surface area contributed by atoms with Gasteiger partial charge in [0, 0.05) is 11.6 Å². The number of carbonyl (C=O) groups excluding carboxylic acids is 1. The summed E-state index contributed by atoms with van der Waals surface area (Å²) in [5, 5.41) is 20.6. The van der Waals surface area contributed by atoms with Gasteiger partial charge in [0.25, 0.3) is 0 Å². The summed E-state index contributed by atoms with van der Waals surface area (Å²) in [6.45, 7) is 2.91. The minimum absolute atomic E-state index is 0.336. The van der Waals surface area contributed by atoms with Crippen molar-refractivity contribution in [3.63, 3.8) is 0 Å². The maximum absolute atomic E-state index is 11.4. The standard InChI is InChI=1S/C9H9N3O4S/c1-9(2)15-6(13)5(7(14)16-9)11-12-8-10-3-4-17-8/h3-4,13H,1-2H3/p-1. The molecule has 1 aromatic heterocycles. The Labute approximate surface area is 100 Å². The van der Waals surface area contributed by atoms with Crippen LogP contribution >= 0.6 is 11.3 Å². The normalized spacial score (nSPS) is 19.3. The van der Waals surface area contributed by atoms with E-state index < -0.39 is 23.4 Å². The number of aromatic nitrogens is 1. The molecule has 2 rings (SSSR count). The van der Waals surface area contributed by atoms with Gasteiger partial charge in [0.2, 0.25) is 5.13 Å². The quantitative estimate of drug-likeness (QED) is 0.580. The molecule has 0 atom stereocenters. The highest BCUT2D eigenvalue weighted by Crippen LogP contribution is 2.25. The number of carbonyl (C=O) groups is 1. The molecule has 0 fully saturated rings. The van der Waals surface area contributed by atoms with Crippen molar-refractivity contribution in [1.82, 2.24) is 4.98 Å².